The molecule has 1 aromatic rings. The number of fused-ring (bicyclic) bond motifs is 2. The summed E-state index contributed by atoms with van der Waals surface area (Å²) in [5.74, 6) is 0.0165. The third-order valence-electron chi connectivity index (χ3n) is 3.50. The zero-order valence-electron chi connectivity index (χ0n) is 9.58. The van der Waals surface area contributed by atoms with E-state index in [0.717, 1.165) is 31.6 Å². The largest absolute Gasteiger partial charge is 0.481 e. The van der Waals surface area contributed by atoms with E-state index in [1.807, 2.05) is 0 Å². The second-order valence-electron chi connectivity index (χ2n) is 4.75. The van der Waals surface area contributed by atoms with Crippen LogP contribution in [0.25, 0.3) is 0 Å². The predicted molar refractivity (Wildman–Crippen MR) is 58.4 cm³/mol. The number of rotatable bonds is 3. The molecule has 96 valence electrons. The molecule has 2 bridgehead atoms. The molecule has 1 heterocycles. The van der Waals surface area contributed by atoms with Gasteiger partial charge in [0, 0.05) is 12.1 Å². The molecule has 0 radical (unpaired) electrons. The van der Waals surface area contributed by atoms with E-state index in [2.05, 4.69) is 0 Å². The standard InChI is InChI=1S/C12H13FNO4/c13-8-1-2-9(14(15)16)10(5-8)18-12-4-7-3-11(12)17-6-7/h1-2,5,7,11-12H,3-4,6H2,(H,15,16)/q+1/t7-,11+,12+/m1/s1. The zero-order valence-corrected chi connectivity index (χ0v) is 9.58. The van der Waals surface area contributed by atoms with Gasteiger partial charge in [0.05, 0.1) is 17.6 Å². The molecule has 0 spiro atoms. The summed E-state index contributed by atoms with van der Waals surface area (Å²) in [7, 11) is 0. The number of nitrogens with zero attached hydrogens (tertiary/aromatic N) is 1. The summed E-state index contributed by atoms with van der Waals surface area (Å²) < 4.78 is 24.3. The number of halogens is 1. The summed E-state index contributed by atoms with van der Waals surface area (Å²) in [5, 5.41) is 8.95. The highest BCUT2D eigenvalue weighted by Gasteiger charge is 2.43. The second kappa shape index (κ2) is 4.20. The highest BCUT2D eigenvalue weighted by molar-refractivity contribution is 5.46. The van der Waals surface area contributed by atoms with Crippen LogP contribution in [-0.4, -0.2) is 28.9 Å². The van der Waals surface area contributed by atoms with Crippen molar-refractivity contribution in [3.05, 3.63) is 28.9 Å². The van der Waals surface area contributed by atoms with E-state index in [-0.39, 0.29) is 28.6 Å². The molecule has 1 saturated carbocycles. The lowest BCUT2D eigenvalue weighted by Crippen LogP contribution is -2.30. The maximum absolute atomic E-state index is 13.2. The Hall–Kier alpha value is -1.69. The van der Waals surface area contributed by atoms with Crippen LogP contribution < -0.4 is 4.74 Å². The molecule has 6 heteroatoms. The Bertz CT molecular complexity index is 493. The van der Waals surface area contributed by atoms with Crippen molar-refractivity contribution in [3.63, 3.8) is 0 Å². The normalized spacial score (nSPS) is 29.5. The van der Waals surface area contributed by atoms with Crippen LogP contribution in [0.4, 0.5) is 10.1 Å². The molecule has 1 aromatic carbocycles. The molecule has 1 aliphatic heterocycles. The molecule has 1 aliphatic carbocycles. The van der Waals surface area contributed by atoms with E-state index >= 15 is 0 Å². The third kappa shape index (κ3) is 1.92. The van der Waals surface area contributed by atoms with Crippen molar-refractivity contribution in [1.82, 2.24) is 0 Å². The Morgan fingerprint density at radius 3 is 2.89 bits per heavy atom. The molecule has 0 unspecified atom stereocenters. The fraction of sp³-hybridized carbons (Fsp3) is 0.500. The molecule has 2 aliphatic rings. The molecule has 1 N–H and O–H groups in total. The maximum Gasteiger partial charge on any atom is 0.358 e. The van der Waals surface area contributed by atoms with E-state index in [0.29, 0.717) is 5.92 Å². The first kappa shape index (κ1) is 11.4. The number of hydrogen-bond acceptors (Lipinski definition) is 3. The highest BCUT2D eigenvalue weighted by Crippen LogP contribution is 2.39. The summed E-state index contributed by atoms with van der Waals surface area (Å²) >= 11 is 0. The molecule has 18 heavy (non-hydrogen) atoms. The molecule has 0 aromatic heterocycles. The minimum atomic E-state index is -0.514. The molecule has 0 amide bonds. The fourth-order valence-electron chi connectivity index (χ4n) is 2.66. The van der Waals surface area contributed by atoms with Gasteiger partial charge in [-0.05, 0) is 24.8 Å². The molecule has 5 nitrogen and oxygen atoms in total. The van der Waals surface area contributed by atoms with Crippen LogP contribution in [0.15, 0.2) is 18.2 Å². The van der Waals surface area contributed by atoms with Crippen LogP contribution in [0.3, 0.4) is 0 Å². The fourth-order valence-corrected chi connectivity index (χ4v) is 2.66. The number of ether oxygens (including phenoxy) is 2. The van der Waals surface area contributed by atoms with Crippen molar-refractivity contribution >= 4 is 5.69 Å². The van der Waals surface area contributed by atoms with Gasteiger partial charge in [-0.25, -0.2) is 9.60 Å². The van der Waals surface area contributed by atoms with Crippen LogP contribution in [0.5, 0.6) is 5.75 Å². The van der Waals surface area contributed by atoms with Crippen LogP contribution in [0, 0.1) is 16.6 Å². The van der Waals surface area contributed by atoms with Crippen molar-refractivity contribution in [1.29, 1.82) is 0 Å². The van der Waals surface area contributed by atoms with Crippen LogP contribution in [0.2, 0.25) is 0 Å². The van der Waals surface area contributed by atoms with Crippen molar-refractivity contribution in [2.24, 2.45) is 5.92 Å². The smallest absolute Gasteiger partial charge is 0.358 e. The lowest BCUT2D eigenvalue weighted by atomic mass is 10.1. The van der Waals surface area contributed by atoms with E-state index in [9.17, 15) is 9.30 Å². The number of benzene rings is 1. The lowest BCUT2D eigenvalue weighted by molar-refractivity contribution is -0.730. The monoisotopic (exact) mass is 254 g/mol. The van der Waals surface area contributed by atoms with Crippen LogP contribution >= 0.6 is 0 Å². The Kier molecular flexibility index (Phi) is 2.66. The molecular formula is C12H13FNO4+. The van der Waals surface area contributed by atoms with Gasteiger partial charge in [0.15, 0.2) is 0 Å². The van der Waals surface area contributed by atoms with Gasteiger partial charge >= 0.3 is 5.69 Å². The van der Waals surface area contributed by atoms with Crippen molar-refractivity contribution < 1.29 is 24.0 Å². The molecule has 3 rings (SSSR count). The van der Waals surface area contributed by atoms with Crippen molar-refractivity contribution in [2.45, 2.75) is 25.0 Å². The number of hydrogen-bond donors (Lipinski definition) is 1. The second-order valence-corrected chi connectivity index (χ2v) is 4.75. The average Bonchev–Trinajstić information content (AvgIpc) is 2.90. The highest BCUT2D eigenvalue weighted by atomic mass is 19.1. The van der Waals surface area contributed by atoms with E-state index < -0.39 is 5.82 Å². The molecule has 1 saturated heterocycles. The van der Waals surface area contributed by atoms with Gasteiger partial charge in [0.1, 0.15) is 11.9 Å². The summed E-state index contributed by atoms with van der Waals surface area (Å²) in [4.78, 5) is 10.6. The summed E-state index contributed by atoms with van der Waals surface area (Å²) in [5.41, 5.74) is -0.0980. The first-order valence-corrected chi connectivity index (χ1v) is 5.87. The first-order chi connectivity index (χ1) is 8.63. The minimum absolute atomic E-state index is 0.00455. The molecule has 2 fully saturated rings. The van der Waals surface area contributed by atoms with Crippen molar-refractivity contribution in [2.75, 3.05) is 6.61 Å². The van der Waals surface area contributed by atoms with Crippen molar-refractivity contribution in [3.8, 4) is 5.75 Å². The van der Waals surface area contributed by atoms with Gasteiger partial charge < -0.3 is 9.47 Å². The maximum atomic E-state index is 13.2. The first-order valence-electron chi connectivity index (χ1n) is 5.87. The topological polar surface area (TPSA) is 58.8 Å². The Labute approximate surface area is 103 Å². The quantitative estimate of drug-likeness (QED) is 0.840. The van der Waals surface area contributed by atoms with E-state index in [4.69, 9.17) is 14.7 Å². The SMILES string of the molecule is O=[N+](O)c1ccc(F)cc1O[C@H]1C[C@@H]2CO[C@H]1C2. The summed E-state index contributed by atoms with van der Waals surface area (Å²) in [6.07, 6.45) is 1.61. The lowest BCUT2D eigenvalue weighted by Gasteiger charge is -2.22. The van der Waals surface area contributed by atoms with Gasteiger partial charge in [-0.2, -0.15) is 0 Å². The average molecular weight is 254 g/mol. The van der Waals surface area contributed by atoms with E-state index in [1.165, 1.54) is 6.07 Å². The van der Waals surface area contributed by atoms with Gasteiger partial charge in [-0.15, -0.1) is 0 Å². The van der Waals surface area contributed by atoms with Gasteiger partial charge in [-0.1, -0.05) is 0 Å². The van der Waals surface area contributed by atoms with Gasteiger partial charge in [0.25, 0.3) is 4.92 Å². The summed E-state index contributed by atoms with van der Waals surface area (Å²) in [6.45, 7) is 0.744. The molecule has 3 atom stereocenters. The Morgan fingerprint density at radius 2 is 2.28 bits per heavy atom. The van der Waals surface area contributed by atoms with Crippen LogP contribution in [-0.2, 0) is 4.74 Å². The summed E-state index contributed by atoms with van der Waals surface area (Å²) in [6, 6.07) is 3.38. The third-order valence-corrected chi connectivity index (χ3v) is 3.50. The molecular weight excluding hydrogens is 241 g/mol. The predicted octanol–water partition coefficient (Wildman–Crippen LogP) is 2.18. The minimum Gasteiger partial charge on any atom is -0.481 e. The van der Waals surface area contributed by atoms with E-state index in [1.54, 1.807) is 0 Å². The Balaban J connectivity index is 1.83. The van der Waals surface area contributed by atoms with Gasteiger partial charge in [-0.3, -0.25) is 0 Å². The van der Waals surface area contributed by atoms with Crippen LogP contribution in [0.1, 0.15) is 12.8 Å². The zero-order chi connectivity index (χ0) is 12.7. The van der Waals surface area contributed by atoms with Gasteiger partial charge in [0.2, 0.25) is 5.75 Å². The Morgan fingerprint density at radius 1 is 1.44 bits per heavy atom.